The molecule has 4 aromatic heterocycles. The molecule has 0 unspecified atom stereocenters. The topological polar surface area (TPSA) is 51.6 Å². The van der Waals surface area contributed by atoms with Crippen LogP contribution in [0.5, 0.6) is 0 Å². The Hall–Kier alpha value is -3.76. The maximum absolute atomic E-state index is 4.22. The monoisotopic (exact) mass is 636 g/mol. The number of pyridine rings is 4. The summed E-state index contributed by atoms with van der Waals surface area (Å²) < 4.78 is 0. The quantitative estimate of drug-likeness (QED) is 0.217. The zero-order valence-corrected chi connectivity index (χ0v) is 24.0. The first kappa shape index (κ1) is 33.3. The zero-order valence-electron chi connectivity index (χ0n) is 20.8. The molecular formula is C32H24Cl2N4Ru-2. The summed E-state index contributed by atoms with van der Waals surface area (Å²) in [7, 11) is 0. The van der Waals surface area contributed by atoms with Gasteiger partial charge >= 0.3 is 19.5 Å². The number of nitrogens with zero attached hydrogens (tertiary/aromatic N) is 4. The summed E-state index contributed by atoms with van der Waals surface area (Å²) in [4.78, 5) is 16.8. The summed E-state index contributed by atoms with van der Waals surface area (Å²) in [6.07, 6.45) is 7.11. The van der Waals surface area contributed by atoms with E-state index in [1.165, 1.54) is 0 Å². The van der Waals surface area contributed by atoms with E-state index in [4.69, 9.17) is 0 Å². The fourth-order valence-corrected chi connectivity index (χ4v) is 3.18. The molecule has 0 saturated carbocycles. The van der Waals surface area contributed by atoms with Gasteiger partial charge in [0.25, 0.3) is 0 Å². The van der Waals surface area contributed by atoms with Gasteiger partial charge in [0, 0.05) is 24.8 Å². The average molecular weight is 637 g/mol. The van der Waals surface area contributed by atoms with Crippen LogP contribution in [0.1, 0.15) is 0 Å². The summed E-state index contributed by atoms with van der Waals surface area (Å²) >= 11 is 0. The minimum absolute atomic E-state index is 0. The maximum Gasteiger partial charge on any atom is 2.00 e. The van der Waals surface area contributed by atoms with Crippen LogP contribution in [0.4, 0.5) is 0 Å². The van der Waals surface area contributed by atoms with Crippen LogP contribution in [0.3, 0.4) is 0 Å². The molecule has 39 heavy (non-hydrogen) atoms. The number of benzene rings is 2. The predicted molar refractivity (Wildman–Crippen MR) is 144 cm³/mol. The smallest absolute Gasteiger partial charge is 1.00 e. The Morgan fingerprint density at radius 3 is 0.923 bits per heavy atom. The van der Waals surface area contributed by atoms with E-state index < -0.39 is 0 Å². The number of hydrogen-bond acceptors (Lipinski definition) is 4. The molecule has 0 radical (unpaired) electrons. The van der Waals surface area contributed by atoms with Crippen molar-refractivity contribution in [3.63, 3.8) is 0 Å². The SMILES string of the molecule is [Cl-].[Cl-].[Ru+2].[c-]1ccccc1-c1ccccn1.[c-]1ccccc1-c1ccccn1.c1ccc(-c2ccccn2)nc1. The van der Waals surface area contributed by atoms with Crippen LogP contribution in [-0.2, 0) is 19.5 Å². The largest absolute Gasteiger partial charge is 2.00 e. The van der Waals surface area contributed by atoms with Crippen LogP contribution in [-0.4, -0.2) is 19.9 Å². The fraction of sp³-hybridized carbons (Fsp3) is 0. The molecule has 0 bridgehead atoms. The normalized spacial score (nSPS) is 8.92. The van der Waals surface area contributed by atoms with E-state index in [0.717, 1.165) is 33.9 Å². The molecule has 0 aliphatic heterocycles. The third-order valence-corrected chi connectivity index (χ3v) is 4.89. The Labute approximate surface area is 255 Å². The minimum Gasteiger partial charge on any atom is -1.00 e. The van der Waals surface area contributed by atoms with E-state index >= 15 is 0 Å². The minimum atomic E-state index is 0. The summed E-state index contributed by atoms with van der Waals surface area (Å²) in [5.74, 6) is 0. The van der Waals surface area contributed by atoms with Gasteiger partial charge in [0.1, 0.15) is 0 Å². The van der Waals surface area contributed by atoms with E-state index in [9.17, 15) is 0 Å². The second kappa shape index (κ2) is 19.3. The van der Waals surface area contributed by atoms with Gasteiger partial charge in [-0.05, 0) is 47.8 Å². The predicted octanol–water partition coefficient (Wildman–Crippen LogP) is 1.25. The Bertz CT molecular complexity index is 1110. The van der Waals surface area contributed by atoms with Crippen molar-refractivity contribution in [3.8, 4) is 33.9 Å². The van der Waals surface area contributed by atoms with Gasteiger partial charge in [-0.1, -0.05) is 36.4 Å². The Kier molecular flexibility index (Phi) is 16.5. The molecule has 0 amide bonds. The standard InChI is InChI=1S/2C11H8N.C10H8N2.2ClH.Ru/c2*1-2-6-10(7-3-1)11-8-4-5-9-12-11;1-3-7-11-9(5-1)10-6-2-4-8-12-10;;;/h2*1-6,8-9H;1-8H;2*1H;/q2*-1;;;;+2/p-2. The molecule has 0 saturated heterocycles. The molecule has 196 valence electrons. The molecule has 4 heterocycles. The first-order valence-electron chi connectivity index (χ1n) is 11.5. The molecule has 0 fully saturated rings. The average Bonchev–Trinajstić information content (AvgIpc) is 3.01. The van der Waals surface area contributed by atoms with E-state index in [2.05, 4.69) is 32.1 Å². The van der Waals surface area contributed by atoms with Crippen LogP contribution >= 0.6 is 0 Å². The van der Waals surface area contributed by atoms with Crippen LogP contribution < -0.4 is 24.8 Å². The molecule has 4 nitrogen and oxygen atoms in total. The summed E-state index contributed by atoms with van der Waals surface area (Å²) in [5, 5.41) is 0. The van der Waals surface area contributed by atoms with Crippen LogP contribution in [0.2, 0.25) is 0 Å². The molecule has 2 aromatic carbocycles. The van der Waals surface area contributed by atoms with Gasteiger partial charge < -0.3 is 34.8 Å². The van der Waals surface area contributed by atoms with Crippen molar-refractivity contribution in [2.45, 2.75) is 0 Å². The van der Waals surface area contributed by atoms with Gasteiger partial charge in [0.2, 0.25) is 0 Å². The van der Waals surface area contributed by atoms with Gasteiger partial charge in [-0.25, -0.2) is 0 Å². The Balaban J connectivity index is 0.000000282. The van der Waals surface area contributed by atoms with Crippen molar-refractivity contribution in [2.24, 2.45) is 0 Å². The molecule has 0 aliphatic rings. The van der Waals surface area contributed by atoms with E-state index in [1.54, 1.807) is 24.8 Å². The molecule has 6 rings (SSSR count). The third kappa shape index (κ3) is 11.3. The Morgan fingerprint density at radius 1 is 0.359 bits per heavy atom. The van der Waals surface area contributed by atoms with Gasteiger partial charge in [0.15, 0.2) is 0 Å². The summed E-state index contributed by atoms with van der Waals surface area (Å²) in [6.45, 7) is 0. The first-order chi connectivity index (χ1) is 17.9. The number of hydrogen-bond donors (Lipinski definition) is 0. The Morgan fingerprint density at radius 2 is 0.667 bits per heavy atom. The third-order valence-electron chi connectivity index (χ3n) is 4.89. The maximum atomic E-state index is 4.22. The van der Waals surface area contributed by atoms with Gasteiger partial charge in [-0.3, -0.25) is 9.97 Å². The van der Waals surface area contributed by atoms with Crippen molar-refractivity contribution in [1.29, 1.82) is 0 Å². The van der Waals surface area contributed by atoms with Crippen molar-refractivity contribution in [3.05, 3.63) is 158 Å². The van der Waals surface area contributed by atoms with Crippen molar-refractivity contribution < 1.29 is 44.3 Å². The molecule has 0 aliphatic carbocycles. The van der Waals surface area contributed by atoms with Crippen molar-refractivity contribution in [1.82, 2.24) is 19.9 Å². The van der Waals surface area contributed by atoms with Crippen LogP contribution in [0.15, 0.2) is 146 Å². The first-order valence-corrected chi connectivity index (χ1v) is 11.5. The van der Waals surface area contributed by atoms with Crippen LogP contribution in [0, 0.1) is 12.1 Å². The molecular weight excluding hydrogens is 612 g/mol. The van der Waals surface area contributed by atoms with Gasteiger partial charge in [-0.2, -0.15) is 0 Å². The zero-order chi connectivity index (χ0) is 24.7. The van der Waals surface area contributed by atoms with Crippen molar-refractivity contribution in [2.75, 3.05) is 0 Å². The molecule has 0 spiro atoms. The second-order valence-electron chi connectivity index (χ2n) is 7.41. The van der Waals surface area contributed by atoms with E-state index in [0.29, 0.717) is 0 Å². The number of halogens is 2. The molecule has 0 N–H and O–H groups in total. The summed E-state index contributed by atoms with van der Waals surface area (Å²) in [6, 6.07) is 45.2. The van der Waals surface area contributed by atoms with Gasteiger partial charge in [-0.15, -0.1) is 71.8 Å². The van der Waals surface area contributed by atoms with E-state index in [1.807, 2.05) is 121 Å². The molecule has 6 aromatic rings. The van der Waals surface area contributed by atoms with Crippen LogP contribution in [0.25, 0.3) is 33.9 Å². The van der Waals surface area contributed by atoms with E-state index in [-0.39, 0.29) is 44.3 Å². The summed E-state index contributed by atoms with van der Waals surface area (Å²) in [5.41, 5.74) is 5.85. The second-order valence-corrected chi connectivity index (χ2v) is 7.41. The van der Waals surface area contributed by atoms with Crippen molar-refractivity contribution >= 4 is 0 Å². The molecule has 7 heteroatoms. The molecule has 0 atom stereocenters. The number of rotatable bonds is 3. The van der Waals surface area contributed by atoms with Gasteiger partial charge in [0.05, 0.1) is 11.4 Å². The fourth-order valence-electron chi connectivity index (χ4n) is 3.18. The number of aromatic nitrogens is 4.